The molecule has 0 saturated heterocycles. The molecule has 0 unspecified atom stereocenters. The predicted octanol–water partition coefficient (Wildman–Crippen LogP) is 0.851. The average molecular weight is 243 g/mol. The van der Waals surface area contributed by atoms with Crippen LogP contribution in [0.25, 0.3) is 0 Å². The van der Waals surface area contributed by atoms with E-state index in [2.05, 4.69) is 0 Å². The lowest BCUT2D eigenvalue weighted by atomic mass is 10.1. The van der Waals surface area contributed by atoms with Crippen LogP contribution in [0.2, 0.25) is 0 Å². The smallest absolute Gasteiger partial charge is 0.321 e. The second kappa shape index (κ2) is 7.82. The molecule has 0 fully saturated rings. The monoisotopic (exact) mass is 243 g/mol. The Labute approximate surface area is 108 Å². The SMILES string of the molecule is CCC(=O)C(C#N)(OC(C)C)OC(C)C.[AlH3]. The van der Waals surface area contributed by atoms with Gasteiger partial charge in [-0.2, -0.15) is 5.26 Å². The molecule has 0 rings (SSSR count). The first-order valence-electron chi connectivity index (χ1n) is 5.18. The summed E-state index contributed by atoms with van der Waals surface area (Å²) < 4.78 is 10.6. The number of ether oxygens (including phenoxy) is 2. The van der Waals surface area contributed by atoms with Crippen molar-refractivity contribution in [1.29, 1.82) is 5.26 Å². The first-order valence-corrected chi connectivity index (χ1v) is 5.18. The Balaban J connectivity index is 0. The zero-order valence-electron chi connectivity index (χ0n) is 10.0. The Morgan fingerprint density at radius 2 is 1.62 bits per heavy atom. The molecule has 4 nitrogen and oxygen atoms in total. The Kier molecular flexibility index (Phi) is 8.79. The zero-order valence-corrected chi connectivity index (χ0v) is 10.0. The molecule has 0 aliphatic heterocycles. The van der Waals surface area contributed by atoms with E-state index in [0.717, 1.165) is 0 Å². The van der Waals surface area contributed by atoms with Crippen LogP contribution in [0, 0.1) is 11.3 Å². The Bertz CT molecular complexity index is 248. The highest BCUT2D eigenvalue weighted by Crippen LogP contribution is 2.20. The maximum atomic E-state index is 11.7. The van der Waals surface area contributed by atoms with Gasteiger partial charge in [0.15, 0.2) is 17.4 Å². The molecular weight excluding hydrogens is 221 g/mol. The minimum atomic E-state index is -1.74. The Morgan fingerprint density at radius 3 is 1.81 bits per heavy atom. The van der Waals surface area contributed by atoms with Crippen molar-refractivity contribution < 1.29 is 14.3 Å². The molecule has 0 aromatic rings. The van der Waals surface area contributed by atoms with E-state index in [1.165, 1.54) is 0 Å². The summed E-state index contributed by atoms with van der Waals surface area (Å²) in [6, 6.07) is 1.83. The fraction of sp³-hybridized carbons (Fsp3) is 0.818. The Morgan fingerprint density at radius 1 is 1.25 bits per heavy atom. The van der Waals surface area contributed by atoms with Crippen molar-refractivity contribution >= 4 is 23.1 Å². The molecule has 0 aromatic heterocycles. The third-order valence-electron chi connectivity index (χ3n) is 1.64. The number of hydrogen-bond acceptors (Lipinski definition) is 4. The van der Waals surface area contributed by atoms with Gasteiger partial charge in [0, 0.05) is 6.42 Å². The van der Waals surface area contributed by atoms with Crippen molar-refractivity contribution in [2.24, 2.45) is 0 Å². The number of hydrogen-bond donors (Lipinski definition) is 0. The third-order valence-corrected chi connectivity index (χ3v) is 1.64. The van der Waals surface area contributed by atoms with Crippen molar-refractivity contribution in [3.05, 3.63) is 0 Å². The van der Waals surface area contributed by atoms with E-state index in [1.807, 2.05) is 6.07 Å². The molecule has 0 aliphatic carbocycles. The maximum Gasteiger partial charge on any atom is 0.321 e. The minimum absolute atomic E-state index is 0. The topological polar surface area (TPSA) is 59.3 Å². The van der Waals surface area contributed by atoms with Gasteiger partial charge in [0.1, 0.15) is 6.07 Å². The van der Waals surface area contributed by atoms with Gasteiger partial charge in [0.2, 0.25) is 5.78 Å². The van der Waals surface area contributed by atoms with Crippen molar-refractivity contribution in [3.63, 3.8) is 0 Å². The van der Waals surface area contributed by atoms with Crippen LogP contribution in [0.5, 0.6) is 0 Å². The van der Waals surface area contributed by atoms with Crippen LogP contribution in [-0.4, -0.2) is 41.1 Å². The molecule has 5 heteroatoms. The summed E-state index contributed by atoms with van der Waals surface area (Å²) in [7, 11) is 0. The lowest BCUT2D eigenvalue weighted by molar-refractivity contribution is -0.226. The first kappa shape index (κ1) is 18.0. The first-order chi connectivity index (χ1) is 6.88. The fourth-order valence-electron chi connectivity index (χ4n) is 1.17. The second-order valence-corrected chi connectivity index (χ2v) is 3.84. The maximum absolute atomic E-state index is 11.7. The van der Waals surface area contributed by atoms with Crippen LogP contribution >= 0.6 is 0 Å². The van der Waals surface area contributed by atoms with E-state index >= 15 is 0 Å². The van der Waals surface area contributed by atoms with Crippen LogP contribution in [0.1, 0.15) is 41.0 Å². The molecule has 16 heavy (non-hydrogen) atoms. The number of carbonyl (C=O) groups is 1. The Hall–Kier alpha value is -0.388. The highest BCUT2D eigenvalue weighted by atomic mass is 27.0. The number of nitrogens with zero attached hydrogens (tertiary/aromatic N) is 1. The quantitative estimate of drug-likeness (QED) is 0.512. The van der Waals surface area contributed by atoms with Gasteiger partial charge in [-0.3, -0.25) is 4.79 Å². The van der Waals surface area contributed by atoms with Gasteiger partial charge in [-0.25, -0.2) is 0 Å². The van der Waals surface area contributed by atoms with Gasteiger partial charge in [-0.05, 0) is 27.7 Å². The highest BCUT2D eigenvalue weighted by Gasteiger charge is 2.41. The number of carbonyl (C=O) groups excluding carboxylic acids is 1. The molecule has 0 bridgehead atoms. The normalized spacial score (nSPS) is 11.1. The average Bonchev–Trinajstić information content (AvgIpc) is 2.13. The summed E-state index contributed by atoms with van der Waals surface area (Å²) in [5, 5.41) is 9.06. The van der Waals surface area contributed by atoms with Crippen molar-refractivity contribution in [3.8, 4) is 6.07 Å². The number of rotatable bonds is 6. The summed E-state index contributed by atoms with van der Waals surface area (Å²) in [5.41, 5.74) is 0. The molecule has 0 spiro atoms. The van der Waals surface area contributed by atoms with Gasteiger partial charge in [0.25, 0.3) is 0 Å². The van der Waals surface area contributed by atoms with Gasteiger partial charge < -0.3 is 9.47 Å². The van der Waals surface area contributed by atoms with Crippen molar-refractivity contribution in [2.75, 3.05) is 0 Å². The van der Waals surface area contributed by atoms with Gasteiger partial charge in [0.05, 0.1) is 12.2 Å². The molecule has 0 heterocycles. The van der Waals surface area contributed by atoms with E-state index in [0.29, 0.717) is 0 Å². The molecule has 0 N–H and O–H groups in total. The van der Waals surface area contributed by atoms with Gasteiger partial charge >= 0.3 is 5.79 Å². The fourth-order valence-corrected chi connectivity index (χ4v) is 1.17. The summed E-state index contributed by atoms with van der Waals surface area (Å²) >= 11 is 0. The summed E-state index contributed by atoms with van der Waals surface area (Å²) in [6.45, 7) is 8.73. The number of nitriles is 1. The summed E-state index contributed by atoms with van der Waals surface area (Å²) in [4.78, 5) is 11.7. The predicted molar refractivity (Wildman–Crippen MR) is 66.0 cm³/mol. The number of Topliss-reactive ketones (excluding diaryl/α,β-unsaturated/α-hetero) is 1. The molecular formula is C11H22AlNO3. The minimum Gasteiger partial charge on any atom is -0.329 e. The lowest BCUT2D eigenvalue weighted by Gasteiger charge is -2.28. The lowest BCUT2D eigenvalue weighted by Crippen LogP contribution is -2.46. The zero-order chi connectivity index (χ0) is 12.1. The van der Waals surface area contributed by atoms with Crippen LogP contribution in [0.3, 0.4) is 0 Å². The van der Waals surface area contributed by atoms with Crippen molar-refractivity contribution in [2.45, 2.75) is 59.0 Å². The standard InChI is InChI=1S/C11H19NO3.Al.3H/c1-6-10(13)11(7-12,14-8(2)3)15-9(4)5;;;;/h8-9H,6H2,1-5H3;;;;. The third kappa shape index (κ3) is 5.10. The van der Waals surface area contributed by atoms with E-state index in [9.17, 15) is 4.79 Å². The highest BCUT2D eigenvalue weighted by molar-refractivity contribution is 5.88. The van der Waals surface area contributed by atoms with Crippen LogP contribution < -0.4 is 0 Å². The second-order valence-electron chi connectivity index (χ2n) is 3.84. The van der Waals surface area contributed by atoms with Crippen LogP contribution in [0.15, 0.2) is 0 Å². The number of ketones is 1. The van der Waals surface area contributed by atoms with Crippen LogP contribution in [-0.2, 0) is 14.3 Å². The van der Waals surface area contributed by atoms with Gasteiger partial charge in [-0.15, -0.1) is 0 Å². The van der Waals surface area contributed by atoms with E-state index < -0.39 is 5.79 Å². The van der Waals surface area contributed by atoms with E-state index in [4.69, 9.17) is 14.7 Å². The molecule has 0 atom stereocenters. The molecule has 92 valence electrons. The largest absolute Gasteiger partial charge is 0.329 e. The van der Waals surface area contributed by atoms with Crippen LogP contribution in [0.4, 0.5) is 0 Å². The summed E-state index contributed by atoms with van der Waals surface area (Å²) in [5.74, 6) is -2.08. The van der Waals surface area contributed by atoms with Gasteiger partial charge in [-0.1, -0.05) is 6.92 Å². The summed E-state index contributed by atoms with van der Waals surface area (Å²) in [6.07, 6.45) is -0.259. The van der Waals surface area contributed by atoms with E-state index in [1.54, 1.807) is 34.6 Å². The molecule has 0 saturated carbocycles. The molecule has 0 amide bonds. The molecule has 0 aliphatic rings. The van der Waals surface area contributed by atoms with Crippen molar-refractivity contribution in [1.82, 2.24) is 0 Å². The molecule has 0 radical (unpaired) electrons. The van der Waals surface area contributed by atoms with E-state index in [-0.39, 0.29) is 41.8 Å². The molecule has 0 aromatic carbocycles.